The Morgan fingerprint density at radius 2 is 1.59 bits per heavy atom. The normalized spacial score (nSPS) is 19.3. The highest BCUT2D eigenvalue weighted by Crippen LogP contribution is 2.32. The molecule has 0 unspecified atom stereocenters. The first kappa shape index (κ1) is 30.7. The molecule has 0 spiro atoms. The Bertz CT molecular complexity index is 1480. The molecule has 1 N–H and O–H groups in total. The van der Waals surface area contributed by atoms with Gasteiger partial charge in [0.05, 0.1) is 35.8 Å². The third kappa shape index (κ3) is 6.64. The highest BCUT2D eigenvalue weighted by molar-refractivity contribution is 7.89. The van der Waals surface area contributed by atoms with Gasteiger partial charge in [-0.05, 0) is 53.9 Å². The summed E-state index contributed by atoms with van der Waals surface area (Å²) in [6.45, 7) is 3.49. The number of carbonyl (C=O) groups is 1. The van der Waals surface area contributed by atoms with Crippen LogP contribution in [0.25, 0.3) is 11.1 Å². The van der Waals surface area contributed by atoms with E-state index in [2.05, 4.69) is 0 Å². The van der Waals surface area contributed by atoms with Gasteiger partial charge in [0.1, 0.15) is 0 Å². The van der Waals surface area contributed by atoms with Gasteiger partial charge in [0.25, 0.3) is 5.91 Å². The largest absolute Gasteiger partial charge is 0.416 e. The number of benzene rings is 3. The number of rotatable bonds is 6. The molecule has 11 heteroatoms. The van der Waals surface area contributed by atoms with E-state index in [0.29, 0.717) is 5.56 Å². The highest BCUT2D eigenvalue weighted by Gasteiger charge is 2.34. The molecule has 1 amide bonds. The fraction of sp³-hybridized carbons (Fsp3) is 0.367. The Morgan fingerprint density at radius 3 is 2.20 bits per heavy atom. The van der Waals surface area contributed by atoms with E-state index in [9.17, 15) is 31.5 Å². The zero-order chi connectivity index (χ0) is 29.9. The summed E-state index contributed by atoms with van der Waals surface area (Å²) in [5.41, 5.74) is 1.86. The molecule has 0 aromatic heterocycles. The number of sulfonamides is 1. The molecule has 0 radical (unpaired) electrons. The first-order chi connectivity index (χ1) is 19.3. The van der Waals surface area contributed by atoms with Gasteiger partial charge >= 0.3 is 6.18 Å². The number of nitrogens with zero attached hydrogens (tertiary/aromatic N) is 2. The standard InChI is InChI=1S/C30H33F3N2O5S/c1-20-16-35(21(2)18-36)29(37)27-11-7-6-10-26(27)25-9-5-4-8-22(25)19-40-28(20)17-34(3)41(38,39)24-14-12-23(13-15-24)30(31,32)33/h4-15,20-21,28,36H,16-19H2,1-3H3/t20-,21+,28-/m0/s1. The lowest BCUT2D eigenvalue weighted by atomic mass is 9.94. The molecule has 220 valence electrons. The zero-order valence-electron chi connectivity index (χ0n) is 23.0. The molecule has 3 aromatic carbocycles. The maximum absolute atomic E-state index is 13.9. The van der Waals surface area contributed by atoms with E-state index in [4.69, 9.17) is 4.74 Å². The number of aliphatic hydroxyl groups is 1. The zero-order valence-corrected chi connectivity index (χ0v) is 23.8. The number of likely N-dealkylation sites (N-methyl/N-ethyl adjacent to an activating group) is 1. The van der Waals surface area contributed by atoms with E-state index in [1.165, 1.54) is 7.05 Å². The molecule has 0 aliphatic carbocycles. The first-order valence-electron chi connectivity index (χ1n) is 13.2. The molecule has 41 heavy (non-hydrogen) atoms. The van der Waals surface area contributed by atoms with Crippen molar-refractivity contribution in [1.29, 1.82) is 0 Å². The SMILES string of the molecule is C[C@H](CO)N1C[C@H](C)[C@H](CN(C)S(=O)(=O)c2ccc(C(F)(F)F)cc2)OCc2ccccc2-c2ccccc2C1=O. The molecule has 1 aliphatic heterocycles. The van der Waals surface area contributed by atoms with Crippen LogP contribution in [0.4, 0.5) is 13.2 Å². The van der Waals surface area contributed by atoms with Crippen LogP contribution < -0.4 is 0 Å². The van der Waals surface area contributed by atoms with Crippen molar-refractivity contribution >= 4 is 15.9 Å². The molecule has 0 fully saturated rings. The van der Waals surface area contributed by atoms with E-state index < -0.39 is 33.9 Å². The Labute approximate surface area is 238 Å². The number of hydrogen-bond acceptors (Lipinski definition) is 5. The van der Waals surface area contributed by atoms with Crippen LogP contribution in [0.1, 0.15) is 35.3 Å². The topological polar surface area (TPSA) is 87.2 Å². The number of alkyl halides is 3. The van der Waals surface area contributed by atoms with Crippen LogP contribution in [-0.2, 0) is 27.5 Å². The van der Waals surface area contributed by atoms with Crippen LogP contribution in [-0.4, -0.2) is 67.5 Å². The maximum atomic E-state index is 13.9. The summed E-state index contributed by atoms with van der Waals surface area (Å²) in [5.74, 6) is -0.647. The molecular formula is C30H33F3N2O5S. The number of halogens is 3. The molecule has 1 heterocycles. The smallest absolute Gasteiger partial charge is 0.394 e. The minimum Gasteiger partial charge on any atom is -0.394 e. The molecule has 3 aromatic rings. The van der Waals surface area contributed by atoms with Crippen molar-refractivity contribution in [2.24, 2.45) is 5.92 Å². The fourth-order valence-electron chi connectivity index (χ4n) is 4.90. The van der Waals surface area contributed by atoms with Crippen molar-refractivity contribution in [3.63, 3.8) is 0 Å². The summed E-state index contributed by atoms with van der Waals surface area (Å²) < 4.78 is 73.0. The van der Waals surface area contributed by atoms with Crippen LogP contribution >= 0.6 is 0 Å². The van der Waals surface area contributed by atoms with Crippen LogP contribution in [0.15, 0.2) is 77.7 Å². The number of carbonyl (C=O) groups excluding carboxylic acids is 1. The van der Waals surface area contributed by atoms with Gasteiger partial charge in [0.15, 0.2) is 0 Å². The van der Waals surface area contributed by atoms with E-state index in [-0.39, 0.29) is 43.0 Å². The minimum atomic E-state index is -4.59. The molecule has 7 nitrogen and oxygen atoms in total. The van der Waals surface area contributed by atoms with E-state index in [1.54, 1.807) is 24.0 Å². The van der Waals surface area contributed by atoms with Crippen molar-refractivity contribution in [2.75, 3.05) is 26.7 Å². The summed E-state index contributed by atoms with van der Waals surface area (Å²) in [4.78, 5) is 15.2. The number of hydrogen-bond donors (Lipinski definition) is 1. The predicted octanol–water partition coefficient (Wildman–Crippen LogP) is 5.05. The van der Waals surface area contributed by atoms with Crippen LogP contribution in [0.5, 0.6) is 0 Å². The summed E-state index contributed by atoms with van der Waals surface area (Å²) >= 11 is 0. The Balaban J connectivity index is 1.69. The van der Waals surface area contributed by atoms with E-state index in [1.807, 2.05) is 43.3 Å². The summed E-state index contributed by atoms with van der Waals surface area (Å²) in [6.07, 6.45) is -5.28. The van der Waals surface area contributed by atoms with E-state index in [0.717, 1.165) is 45.3 Å². The average molecular weight is 591 g/mol. The highest BCUT2D eigenvalue weighted by atomic mass is 32.2. The molecule has 1 aliphatic rings. The van der Waals surface area contributed by atoms with Gasteiger partial charge in [-0.3, -0.25) is 4.79 Å². The number of ether oxygens (including phenoxy) is 1. The Kier molecular flexibility index (Phi) is 9.22. The summed E-state index contributed by atoms with van der Waals surface area (Å²) in [6, 6.07) is 17.5. The predicted molar refractivity (Wildman–Crippen MR) is 148 cm³/mol. The van der Waals surface area contributed by atoms with E-state index >= 15 is 0 Å². The lowest BCUT2D eigenvalue weighted by molar-refractivity contribution is -0.137. The quantitative estimate of drug-likeness (QED) is 0.434. The molecule has 0 saturated heterocycles. The maximum Gasteiger partial charge on any atom is 0.416 e. The van der Waals surface area contributed by atoms with Gasteiger partial charge in [-0.2, -0.15) is 17.5 Å². The van der Waals surface area contributed by atoms with Crippen LogP contribution in [0, 0.1) is 5.92 Å². The molecule has 3 atom stereocenters. The lowest BCUT2D eigenvalue weighted by Crippen LogP contribution is -2.47. The second-order valence-electron chi connectivity index (χ2n) is 10.3. The first-order valence-corrected chi connectivity index (χ1v) is 14.6. The average Bonchev–Trinajstić information content (AvgIpc) is 2.97. The Hall–Kier alpha value is -3.25. The number of fused-ring (bicyclic) bond motifs is 3. The van der Waals surface area contributed by atoms with Crippen molar-refractivity contribution in [3.8, 4) is 11.1 Å². The van der Waals surface area contributed by atoms with Gasteiger partial charge in [-0.25, -0.2) is 8.42 Å². The summed E-state index contributed by atoms with van der Waals surface area (Å²) in [7, 11) is -2.81. The van der Waals surface area contributed by atoms with Crippen LogP contribution in [0.3, 0.4) is 0 Å². The molecule has 4 rings (SSSR count). The van der Waals surface area contributed by atoms with Crippen LogP contribution in [0.2, 0.25) is 0 Å². The third-order valence-corrected chi connectivity index (χ3v) is 9.26. The summed E-state index contributed by atoms with van der Waals surface area (Å²) in [5, 5.41) is 9.97. The van der Waals surface area contributed by atoms with Crippen molar-refractivity contribution < 1.29 is 36.2 Å². The van der Waals surface area contributed by atoms with Gasteiger partial charge in [-0.1, -0.05) is 49.4 Å². The Morgan fingerprint density at radius 1 is 1.00 bits per heavy atom. The fourth-order valence-corrected chi connectivity index (χ4v) is 6.08. The van der Waals surface area contributed by atoms with Crippen molar-refractivity contribution in [1.82, 2.24) is 9.21 Å². The van der Waals surface area contributed by atoms with Gasteiger partial charge in [-0.15, -0.1) is 0 Å². The monoisotopic (exact) mass is 590 g/mol. The lowest BCUT2D eigenvalue weighted by Gasteiger charge is -2.35. The number of amides is 1. The van der Waals surface area contributed by atoms with Crippen molar-refractivity contribution in [2.45, 2.75) is 43.7 Å². The second kappa shape index (κ2) is 12.3. The third-order valence-electron chi connectivity index (χ3n) is 7.42. The molecule has 0 saturated carbocycles. The van der Waals surface area contributed by atoms with Crippen molar-refractivity contribution in [3.05, 3.63) is 89.5 Å². The minimum absolute atomic E-state index is 0.116. The van der Waals surface area contributed by atoms with Gasteiger partial charge < -0.3 is 14.7 Å². The molecule has 0 bridgehead atoms. The van der Waals surface area contributed by atoms with Gasteiger partial charge in [0, 0.05) is 31.6 Å². The van der Waals surface area contributed by atoms with Gasteiger partial charge in [0.2, 0.25) is 10.0 Å². The second-order valence-corrected chi connectivity index (χ2v) is 12.4. The molecular weight excluding hydrogens is 557 g/mol. The number of aliphatic hydroxyl groups excluding tert-OH is 1.